The van der Waals surface area contributed by atoms with E-state index in [0.29, 0.717) is 18.6 Å². The Bertz CT molecular complexity index is 308. The highest BCUT2D eigenvalue weighted by Gasteiger charge is 2.11. The normalized spacial score (nSPS) is 11.7. The van der Waals surface area contributed by atoms with Crippen LogP contribution in [0.2, 0.25) is 0 Å². The van der Waals surface area contributed by atoms with Crippen LogP contribution in [0.5, 0.6) is 0 Å². The quantitative estimate of drug-likeness (QED) is 0.823. The molecule has 0 aliphatic carbocycles. The highest BCUT2D eigenvalue weighted by molar-refractivity contribution is 9.10. The fourth-order valence-electron chi connectivity index (χ4n) is 1.34. The van der Waals surface area contributed by atoms with Crippen LogP contribution in [0, 0.1) is 5.92 Å². The zero-order chi connectivity index (χ0) is 11.4. The predicted octanol–water partition coefficient (Wildman–Crippen LogP) is 3.40. The highest BCUT2D eigenvalue weighted by atomic mass is 79.9. The van der Waals surface area contributed by atoms with Crippen molar-refractivity contribution in [3.05, 3.63) is 16.4 Å². The number of nitrogens with zero attached hydrogens (tertiary/aromatic N) is 2. The topological polar surface area (TPSA) is 27.1 Å². The smallest absolute Gasteiger partial charge is 0.0896 e. The van der Waals surface area contributed by atoms with Crippen molar-refractivity contribution in [3.63, 3.8) is 0 Å². The lowest BCUT2D eigenvalue weighted by atomic mass is 10.2. The Labute approximate surface area is 99.9 Å². The Kier molecular flexibility index (Phi) is 4.80. The predicted molar refractivity (Wildman–Crippen MR) is 64.8 cm³/mol. The van der Waals surface area contributed by atoms with E-state index in [1.165, 1.54) is 0 Å². The van der Waals surface area contributed by atoms with E-state index >= 15 is 0 Å². The van der Waals surface area contributed by atoms with E-state index in [1.54, 1.807) is 0 Å². The fraction of sp³-hybridized carbons (Fsp3) is 0.727. The molecule has 0 aliphatic heterocycles. The Hall–Kier alpha value is -0.350. The van der Waals surface area contributed by atoms with Gasteiger partial charge >= 0.3 is 0 Å². The van der Waals surface area contributed by atoms with Crippen LogP contribution < -0.4 is 0 Å². The third-order valence-corrected chi connectivity index (χ3v) is 2.69. The van der Waals surface area contributed by atoms with Gasteiger partial charge in [0, 0.05) is 12.6 Å². The van der Waals surface area contributed by atoms with Crippen LogP contribution in [0.4, 0.5) is 0 Å². The zero-order valence-corrected chi connectivity index (χ0v) is 11.4. The molecule has 0 fully saturated rings. The average molecular weight is 275 g/mol. The Morgan fingerprint density at radius 1 is 1.40 bits per heavy atom. The number of aromatic nitrogens is 2. The molecule has 1 aromatic rings. The van der Waals surface area contributed by atoms with Crippen LogP contribution in [0.25, 0.3) is 0 Å². The minimum Gasteiger partial charge on any atom is -0.375 e. The van der Waals surface area contributed by atoms with Crippen LogP contribution in [-0.2, 0) is 11.3 Å². The second kappa shape index (κ2) is 5.66. The van der Waals surface area contributed by atoms with Crippen LogP contribution in [0.1, 0.15) is 39.4 Å². The first kappa shape index (κ1) is 12.7. The molecule has 3 nitrogen and oxygen atoms in total. The van der Waals surface area contributed by atoms with Gasteiger partial charge in [0.25, 0.3) is 0 Å². The van der Waals surface area contributed by atoms with Crippen LogP contribution in [-0.4, -0.2) is 16.4 Å². The van der Waals surface area contributed by atoms with E-state index in [-0.39, 0.29) is 0 Å². The van der Waals surface area contributed by atoms with Gasteiger partial charge in [-0.3, -0.25) is 4.68 Å². The van der Waals surface area contributed by atoms with Crippen molar-refractivity contribution in [1.82, 2.24) is 9.78 Å². The van der Waals surface area contributed by atoms with Gasteiger partial charge in [-0.05, 0) is 35.7 Å². The van der Waals surface area contributed by atoms with E-state index in [2.05, 4.69) is 48.7 Å². The van der Waals surface area contributed by atoms with Crippen LogP contribution >= 0.6 is 15.9 Å². The van der Waals surface area contributed by atoms with Crippen molar-refractivity contribution >= 4 is 15.9 Å². The van der Waals surface area contributed by atoms with Crippen molar-refractivity contribution in [2.45, 2.75) is 40.3 Å². The number of hydrogen-bond donors (Lipinski definition) is 0. The third-order valence-electron chi connectivity index (χ3n) is 2.03. The molecule has 0 bridgehead atoms. The van der Waals surface area contributed by atoms with Gasteiger partial charge in [-0.1, -0.05) is 13.8 Å². The zero-order valence-electron chi connectivity index (χ0n) is 9.83. The lowest BCUT2D eigenvalue weighted by molar-refractivity contribution is 0.0908. The van der Waals surface area contributed by atoms with Crippen molar-refractivity contribution in [2.24, 2.45) is 5.92 Å². The van der Waals surface area contributed by atoms with Gasteiger partial charge in [0.1, 0.15) is 0 Å². The molecular weight excluding hydrogens is 256 g/mol. The molecule has 0 saturated carbocycles. The van der Waals surface area contributed by atoms with E-state index in [9.17, 15) is 0 Å². The first-order chi connectivity index (χ1) is 7.02. The van der Waals surface area contributed by atoms with Gasteiger partial charge in [-0.2, -0.15) is 5.10 Å². The molecule has 0 spiro atoms. The lowest BCUT2D eigenvalue weighted by Crippen LogP contribution is -2.10. The summed E-state index contributed by atoms with van der Waals surface area (Å²) in [6, 6.07) is 0.369. The van der Waals surface area contributed by atoms with Crippen LogP contribution in [0.3, 0.4) is 0 Å². The van der Waals surface area contributed by atoms with Gasteiger partial charge < -0.3 is 4.74 Å². The summed E-state index contributed by atoms with van der Waals surface area (Å²) >= 11 is 3.49. The monoisotopic (exact) mass is 274 g/mol. The number of rotatable bonds is 5. The van der Waals surface area contributed by atoms with E-state index in [1.807, 2.05) is 10.9 Å². The molecule has 0 aliphatic rings. The molecule has 86 valence electrons. The Balaban J connectivity index is 2.62. The summed E-state index contributed by atoms with van der Waals surface area (Å²) in [5, 5.41) is 4.30. The largest absolute Gasteiger partial charge is 0.375 e. The van der Waals surface area contributed by atoms with Crippen molar-refractivity contribution < 1.29 is 4.74 Å². The lowest BCUT2D eigenvalue weighted by Gasteiger charge is -2.12. The Morgan fingerprint density at radius 3 is 2.60 bits per heavy atom. The maximum absolute atomic E-state index is 5.62. The second-order valence-corrected chi connectivity index (χ2v) is 5.24. The van der Waals surface area contributed by atoms with Crippen molar-refractivity contribution in [1.29, 1.82) is 0 Å². The van der Waals surface area contributed by atoms with Gasteiger partial charge in [0.05, 0.1) is 23.0 Å². The number of hydrogen-bond acceptors (Lipinski definition) is 2. The van der Waals surface area contributed by atoms with Crippen molar-refractivity contribution in [2.75, 3.05) is 6.61 Å². The summed E-state index contributed by atoms with van der Waals surface area (Å²) in [7, 11) is 0. The van der Waals surface area contributed by atoms with Gasteiger partial charge in [0.15, 0.2) is 0 Å². The summed E-state index contributed by atoms with van der Waals surface area (Å²) in [6.07, 6.45) is 1.83. The third kappa shape index (κ3) is 3.61. The first-order valence-electron chi connectivity index (χ1n) is 5.32. The van der Waals surface area contributed by atoms with Gasteiger partial charge in [-0.15, -0.1) is 0 Å². The molecule has 0 saturated heterocycles. The van der Waals surface area contributed by atoms with E-state index < -0.39 is 0 Å². The van der Waals surface area contributed by atoms with Gasteiger partial charge in [-0.25, -0.2) is 0 Å². The average Bonchev–Trinajstić information content (AvgIpc) is 2.47. The van der Waals surface area contributed by atoms with E-state index in [0.717, 1.165) is 16.8 Å². The molecule has 4 heteroatoms. The molecule has 0 radical (unpaired) electrons. The minimum absolute atomic E-state index is 0.369. The standard InChI is InChI=1S/C11H19BrN2O/c1-8(2)6-15-7-11-10(12)5-13-14(11)9(3)4/h5,8-9H,6-7H2,1-4H3. The highest BCUT2D eigenvalue weighted by Crippen LogP contribution is 2.20. The minimum atomic E-state index is 0.369. The fourth-order valence-corrected chi connectivity index (χ4v) is 1.73. The summed E-state index contributed by atoms with van der Waals surface area (Å²) in [4.78, 5) is 0. The van der Waals surface area contributed by atoms with Gasteiger partial charge in [0.2, 0.25) is 0 Å². The summed E-state index contributed by atoms with van der Waals surface area (Å²) in [6.45, 7) is 9.94. The summed E-state index contributed by atoms with van der Waals surface area (Å²) < 4.78 is 8.64. The first-order valence-corrected chi connectivity index (χ1v) is 6.11. The molecule has 0 amide bonds. The van der Waals surface area contributed by atoms with Crippen molar-refractivity contribution in [3.8, 4) is 0 Å². The summed E-state index contributed by atoms with van der Waals surface area (Å²) in [5.41, 5.74) is 1.12. The maximum Gasteiger partial charge on any atom is 0.0896 e. The van der Waals surface area contributed by atoms with E-state index in [4.69, 9.17) is 4.74 Å². The van der Waals surface area contributed by atoms with Crippen LogP contribution in [0.15, 0.2) is 10.7 Å². The molecule has 1 rings (SSSR count). The SMILES string of the molecule is CC(C)COCc1c(Br)cnn1C(C)C. The molecular formula is C11H19BrN2O. The molecule has 15 heavy (non-hydrogen) atoms. The molecule has 1 heterocycles. The summed E-state index contributed by atoms with van der Waals surface area (Å²) in [5.74, 6) is 0.569. The molecule has 0 aromatic carbocycles. The molecule has 1 aromatic heterocycles. The molecule has 0 N–H and O–H groups in total. The maximum atomic E-state index is 5.62. The number of halogens is 1. The number of ether oxygens (including phenoxy) is 1. The Morgan fingerprint density at radius 2 is 2.07 bits per heavy atom. The molecule has 0 unspecified atom stereocenters. The molecule has 0 atom stereocenters. The second-order valence-electron chi connectivity index (χ2n) is 4.39.